The van der Waals surface area contributed by atoms with Crippen molar-refractivity contribution in [1.82, 2.24) is 24.9 Å². The highest BCUT2D eigenvalue weighted by Crippen LogP contribution is 2.32. The van der Waals surface area contributed by atoms with Crippen LogP contribution in [-0.2, 0) is 4.74 Å². The first-order valence-electron chi connectivity index (χ1n) is 11.4. The van der Waals surface area contributed by atoms with Gasteiger partial charge >= 0.3 is 0 Å². The lowest BCUT2D eigenvalue weighted by Gasteiger charge is -2.27. The van der Waals surface area contributed by atoms with E-state index >= 15 is 0 Å². The van der Waals surface area contributed by atoms with E-state index in [1.165, 1.54) is 11.3 Å². The number of hydrogen-bond acceptors (Lipinski definition) is 7. The zero-order valence-corrected chi connectivity index (χ0v) is 19.0. The number of carbonyl (C=O) groups is 1. The molecule has 5 heterocycles. The molecule has 8 nitrogen and oxygen atoms in total. The van der Waals surface area contributed by atoms with Crippen molar-refractivity contribution in [2.24, 2.45) is 0 Å². The fraction of sp³-hybridized carbons (Fsp3) is 0.375. The number of pyridine rings is 2. The Bertz CT molecular complexity index is 1410. The second kappa shape index (κ2) is 8.49. The summed E-state index contributed by atoms with van der Waals surface area (Å²) in [7, 11) is 0. The molecular formula is C24H25N5O3S. The molecule has 0 radical (unpaired) electrons. The van der Waals surface area contributed by atoms with Gasteiger partial charge in [-0.1, -0.05) is 12.1 Å². The lowest BCUT2D eigenvalue weighted by Crippen LogP contribution is -2.42. The summed E-state index contributed by atoms with van der Waals surface area (Å²) in [6, 6.07) is 11.9. The minimum absolute atomic E-state index is 0.120. The fourth-order valence-electron chi connectivity index (χ4n) is 4.77. The predicted molar refractivity (Wildman–Crippen MR) is 129 cm³/mol. The van der Waals surface area contributed by atoms with Crippen LogP contribution in [0.25, 0.3) is 26.1 Å². The summed E-state index contributed by atoms with van der Waals surface area (Å²) in [6.45, 7) is 4.68. The minimum atomic E-state index is -0.248. The third-order valence-electron chi connectivity index (χ3n) is 6.48. The third kappa shape index (κ3) is 3.52. The number of aromatic nitrogens is 2. The van der Waals surface area contributed by atoms with Gasteiger partial charge in [-0.05, 0) is 37.2 Å². The molecule has 0 aliphatic carbocycles. The summed E-state index contributed by atoms with van der Waals surface area (Å²) in [5.41, 5.74) is 2.47. The Morgan fingerprint density at radius 1 is 1.09 bits per heavy atom. The Labute approximate surface area is 194 Å². The van der Waals surface area contributed by atoms with E-state index in [9.17, 15) is 9.59 Å². The number of para-hydroxylation sites is 1. The highest BCUT2D eigenvalue weighted by atomic mass is 32.1. The molecule has 6 rings (SSSR count). The topological polar surface area (TPSA) is 88.0 Å². The van der Waals surface area contributed by atoms with E-state index in [0.29, 0.717) is 42.2 Å². The van der Waals surface area contributed by atoms with Crippen LogP contribution in [0.3, 0.4) is 0 Å². The van der Waals surface area contributed by atoms with Gasteiger partial charge in [0.25, 0.3) is 5.91 Å². The molecular weight excluding hydrogens is 438 g/mol. The number of benzene rings is 1. The summed E-state index contributed by atoms with van der Waals surface area (Å²) in [4.78, 5) is 34.6. The second-order valence-corrected chi connectivity index (χ2v) is 9.50. The van der Waals surface area contributed by atoms with Crippen LogP contribution >= 0.6 is 11.3 Å². The quantitative estimate of drug-likeness (QED) is 0.474. The maximum absolute atomic E-state index is 13.7. The molecule has 2 aliphatic heterocycles. The van der Waals surface area contributed by atoms with Crippen molar-refractivity contribution in [3.05, 3.63) is 57.9 Å². The Morgan fingerprint density at radius 2 is 1.94 bits per heavy atom. The van der Waals surface area contributed by atoms with Crippen molar-refractivity contribution < 1.29 is 9.53 Å². The van der Waals surface area contributed by atoms with Gasteiger partial charge in [-0.15, -0.1) is 11.3 Å². The SMILES string of the molecule is O=C(c1c(=O)c2ccc(C3CCNCCN3)nc2n2c1sc1ccccc12)N1CCOCC1. The average molecular weight is 464 g/mol. The number of ether oxygens (including phenoxy) is 1. The molecule has 3 aromatic heterocycles. The molecule has 1 amide bonds. The molecule has 1 atom stereocenters. The lowest BCUT2D eigenvalue weighted by molar-refractivity contribution is 0.0303. The molecule has 1 unspecified atom stereocenters. The van der Waals surface area contributed by atoms with Crippen molar-refractivity contribution in [3.63, 3.8) is 0 Å². The van der Waals surface area contributed by atoms with Gasteiger partial charge in [0.1, 0.15) is 16.0 Å². The first-order chi connectivity index (χ1) is 16.2. The molecule has 4 aromatic rings. The Hall–Kier alpha value is -2.85. The summed E-state index contributed by atoms with van der Waals surface area (Å²) < 4.78 is 8.43. The smallest absolute Gasteiger partial charge is 0.261 e. The molecule has 0 bridgehead atoms. The van der Waals surface area contributed by atoms with E-state index in [2.05, 4.69) is 10.6 Å². The maximum atomic E-state index is 13.7. The van der Waals surface area contributed by atoms with E-state index in [1.807, 2.05) is 40.8 Å². The van der Waals surface area contributed by atoms with Crippen molar-refractivity contribution in [2.75, 3.05) is 45.9 Å². The first kappa shape index (κ1) is 20.7. The van der Waals surface area contributed by atoms with Crippen LogP contribution in [0.5, 0.6) is 0 Å². The van der Waals surface area contributed by atoms with Gasteiger partial charge in [0.05, 0.1) is 40.6 Å². The second-order valence-electron chi connectivity index (χ2n) is 8.47. The maximum Gasteiger partial charge on any atom is 0.261 e. The summed E-state index contributed by atoms with van der Waals surface area (Å²) in [5, 5.41) is 7.42. The lowest BCUT2D eigenvalue weighted by atomic mass is 10.1. The van der Waals surface area contributed by atoms with Crippen LogP contribution in [0.2, 0.25) is 0 Å². The zero-order chi connectivity index (χ0) is 22.4. The van der Waals surface area contributed by atoms with Gasteiger partial charge in [-0.2, -0.15) is 0 Å². The molecule has 0 saturated carbocycles. The number of thiazole rings is 1. The molecule has 2 fully saturated rings. The van der Waals surface area contributed by atoms with E-state index < -0.39 is 0 Å². The van der Waals surface area contributed by atoms with Crippen molar-refractivity contribution in [3.8, 4) is 0 Å². The fourth-order valence-corrected chi connectivity index (χ4v) is 5.95. The number of rotatable bonds is 2. The van der Waals surface area contributed by atoms with Crippen LogP contribution in [0, 0.1) is 0 Å². The van der Waals surface area contributed by atoms with E-state index in [0.717, 1.165) is 42.0 Å². The number of morpholine rings is 1. The number of amides is 1. The van der Waals surface area contributed by atoms with E-state index in [1.54, 1.807) is 4.90 Å². The van der Waals surface area contributed by atoms with Crippen molar-refractivity contribution in [1.29, 1.82) is 0 Å². The minimum Gasteiger partial charge on any atom is -0.378 e. The highest BCUT2D eigenvalue weighted by molar-refractivity contribution is 7.24. The van der Waals surface area contributed by atoms with Crippen molar-refractivity contribution in [2.45, 2.75) is 12.5 Å². The molecule has 2 aliphatic rings. The molecule has 170 valence electrons. The summed E-state index contributed by atoms with van der Waals surface area (Å²) in [5.74, 6) is -0.227. The van der Waals surface area contributed by atoms with Gasteiger partial charge in [-0.3, -0.25) is 14.0 Å². The largest absolute Gasteiger partial charge is 0.378 e. The van der Waals surface area contributed by atoms with Crippen LogP contribution in [-0.4, -0.2) is 66.1 Å². The molecule has 0 spiro atoms. The van der Waals surface area contributed by atoms with Crippen LogP contribution in [0.1, 0.15) is 28.5 Å². The van der Waals surface area contributed by atoms with Gasteiger partial charge in [0.15, 0.2) is 0 Å². The van der Waals surface area contributed by atoms with Crippen LogP contribution in [0.4, 0.5) is 0 Å². The number of nitrogens with zero attached hydrogens (tertiary/aromatic N) is 3. The monoisotopic (exact) mass is 463 g/mol. The molecule has 2 N–H and O–H groups in total. The number of hydrogen-bond donors (Lipinski definition) is 2. The van der Waals surface area contributed by atoms with Gasteiger partial charge in [-0.25, -0.2) is 4.98 Å². The predicted octanol–water partition coefficient (Wildman–Crippen LogP) is 2.16. The summed E-state index contributed by atoms with van der Waals surface area (Å²) >= 11 is 1.47. The van der Waals surface area contributed by atoms with E-state index in [-0.39, 0.29) is 22.9 Å². The molecule has 1 aromatic carbocycles. The molecule has 9 heteroatoms. The normalized spacial score (nSPS) is 19.9. The standard InChI is InChI=1S/C24H25N5O3S/c30-21-15-5-6-17(16-7-8-25-9-10-26-16)27-22(15)29-18-3-1-2-4-19(18)33-24(29)20(21)23(31)28-11-13-32-14-12-28/h1-6,16,25-26H,7-14H2. The zero-order valence-electron chi connectivity index (χ0n) is 18.2. The van der Waals surface area contributed by atoms with Gasteiger partial charge in [0, 0.05) is 26.2 Å². The van der Waals surface area contributed by atoms with Crippen molar-refractivity contribution >= 4 is 43.3 Å². The first-order valence-corrected chi connectivity index (χ1v) is 12.2. The third-order valence-corrected chi connectivity index (χ3v) is 7.63. The van der Waals surface area contributed by atoms with Gasteiger partial charge < -0.3 is 20.3 Å². The molecule has 2 saturated heterocycles. The number of nitrogens with one attached hydrogen (secondary N) is 2. The Kier molecular flexibility index (Phi) is 5.34. The van der Waals surface area contributed by atoms with Crippen LogP contribution < -0.4 is 16.1 Å². The van der Waals surface area contributed by atoms with Gasteiger partial charge in [0.2, 0.25) is 5.43 Å². The average Bonchev–Trinajstić information content (AvgIpc) is 3.03. The number of carbonyl (C=O) groups excluding carboxylic acids is 1. The van der Waals surface area contributed by atoms with E-state index in [4.69, 9.17) is 9.72 Å². The molecule has 33 heavy (non-hydrogen) atoms. The van der Waals surface area contributed by atoms with Crippen LogP contribution in [0.15, 0.2) is 41.2 Å². The highest BCUT2D eigenvalue weighted by Gasteiger charge is 2.28. The Balaban J connectivity index is 1.62. The summed E-state index contributed by atoms with van der Waals surface area (Å²) in [6.07, 6.45) is 0.925. The number of fused-ring (bicyclic) bond motifs is 5. The Morgan fingerprint density at radius 3 is 2.82 bits per heavy atom.